The first kappa shape index (κ1) is 24.8. The van der Waals surface area contributed by atoms with Gasteiger partial charge in [0.2, 0.25) is 0 Å². The van der Waals surface area contributed by atoms with Crippen molar-refractivity contribution in [3.8, 4) is 0 Å². The second-order valence-corrected chi connectivity index (χ2v) is 8.65. The average Bonchev–Trinajstić information content (AvgIpc) is 2.93. The fourth-order valence-corrected chi connectivity index (χ4v) is 3.84. The molecular formula is C23H39FO4. The van der Waals surface area contributed by atoms with Crippen LogP contribution in [0.2, 0.25) is 0 Å². The van der Waals surface area contributed by atoms with E-state index in [0.717, 1.165) is 19.3 Å². The first-order valence-electron chi connectivity index (χ1n) is 10.6. The molecule has 0 heterocycles. The van der Waals surface area contributed by atoms with Crippen LogP contribution in [0.1, 0.15) is 72.1 Å². The summed E-state index contributed by atoms with van der Waals surface area (Å²) in [5.41, 5.74) is -0.233. The van der Waals surface area contributed by atoms with E-state index in [1.54, 1.807) is 6.08 Å². The third kappa shape index (κ3) is 8.04. The van der Waals surface area contributed by atoms with Crippen LogP contribution in [-0.2, 0) is 9.53 Å². The Labute approximate surface area is 169 Å². The molecule has 0 spiro atoms. The number of halogens is 1. The molecule has 1 aliphatic rings. The van der Waals surface area contributed by atoms with Gasteiger partial charge < -0.3 is 14.9 Å². The second kappa shape index (κ2) is 12.4. The summed E-state index contributed by atoms with van der Waals surface area (Å²) < 4.78 is 19.0. The molecule has 0 saturated heterocycles. The van der Waals surface area contributed by atoms with Crippen LogP contribution in [0.25, 0.3) is 0 Å². The van der Waals surface area contributed by atoms with E-state index in [0.29, 0.717) is 25.7 Å². The summed E-state index contributed by atoms with van der Waals surface area (Å²) in [7, 11) is 1.37. The molecule has 0 aliphatic heterocycles. The smallest absolute Gasteiger partial charge is 0.305 e. The Morgan fingerprint density at radius 3 is 2.64 bits per heavy atom. The number of esters is 1. The fourth-order valence-electron chi connectivity index (χ4n) is 3.84. The maximum absolute atomic E-state index is 14.4. The van der Waals surface area contributed by atoms with Crippen molar-refractivity contribution < 1.29 is 24.1 Å². The van der Waals surface area contributed by atoms with Crippen molar-refractivity contribution >= 4 is 5.97 Å². The highest BCUT2D eigenvalue weighted by molar-refractivity contribution is 5.69. The SMILES string of the molecule is CCCCC(C)(C)[C@H](O)C=C[C@@H]1[C@@H](CCC=CCCC(=O)OC)[C@H](F)C[C@H]1O. The molecule has 5 atom stereocenters. The van der Waals surface area contributed by atoms with Crippen LogP contribution in [-0.4, -0.2) is 41.7 Å². The van der Waals surface area contributed by atoms with Crippen molar-refractivity contribution in [1.29, 1.82) is 0 Å². The molecule has 1 aliphatic carbocycles. The van der Waals surface area contributed by atoms with Crippen LogP contribution in [0.5, 0.6) is 0 Å². The summed E-state index contributed by atoms with van der Waals surface area (Å²) in [6.07, 6.45) is 10.6. The highest BCUT2D eigenvalue weighted by Gasteiger charge is 2.41. The lowest BCUT2D eigenvalue weighted by molar-refractivity contribution is -0.140. The summed E-state index contributed by atoms with van der Waals surface area (Å²) in [6.45, 7) is 6.21. The van der Waals surface area contributed by atoms with Gasteiger partial charge in [-0.3, -0.25) is 4.79 Å². The second-order valence-electron chi connectivity index (χ2n) is 8.65. The number of aliphatic hydroxyl groups excluding tert-OH is 2. The van der Waals surface area contributed by atoms with Crippen molar-refractivity contribution in [3.63, 3.8) is 0 Å². The van der Waals surface area contributed by atoms with Gasteiger partial charge in [-0.15, -0.1) is 0 Å². The zero-order valence-electron chi connectivity index (χ0n) is 17.9. The zero-order chi connectivity index (χ0) is 21.2. The Morgan fingerprint density at radius 1 is 1.32 bits per heavy atom. The van der Waals surface area contributed by atoms with E-state index in [9.17, 15) is 19.4 Å². The Morgan fingerprint density at radius 2 is 2.00 bits per heavy atom. The summed E-state index contributed by atoms with van der Waals surface area (Å²) in [5, 5.41) is 20.8. The number of ether oxygens (including phenoxy) is 1. The molecule has 0 aromatic heterocycles. The maximum atomic E-state index is 14.4. The van der Waals surface area contributed by atoms with Crippen molar-refractivity contribution in [2.45, 2.75) is 90.5 Å². The number of allylic oxidation sites excluding steroid dienone is 2. The van der Waals surface area contributed by atoms with Crippen LogP contribution in [0.15, 0.2) is 24.3 Å². The van der Waals surface area contributed by atoms with Crippen LogP contribution in [0.4, 0.5) is 4.39 Å². The van der Waals surface area contributed by atoms with E-state index < -0.39 is 18.4 Å². The number of carbonyl (C=O) groups excluding carboxylic acids is 1. The first-order chi connectivity index (χ1) is 13.2. The molecule has 5 heteroatoms. The number of alkyl halides is 1. The number of carbonyl (C=O) groups is 1. The third-order valence-electron chi connectivity index (χ3n) is 5.94. The molecule has 0 aromatic rings. The van der Waals surface area contributed by atoms with Gasteiger partial charge in [-0.05, 0) is 37.0 Å². The molecular weight excluding hydrogens is 359 g/mol. The van der Waals surface area contributed by atoms with E-state index in [-0.39, 0.29) is 29.6 Å². The number of hydrogen-bond donors (Lipinski definition) is 2. The van der Waals surface area contributed by atoms with E-state index in [1.807, 2.05) is 32.1 Å². The number of unbranched alkanes of at least 4 members (excludes halogenated alkanes) is 1. The maximum Gasteiger partial charge on any atom is 0.305 e. The molecule has 0 bridgehead atoms. The number of rotatable bonds is 12. The number of methoxy groups -OCH3 is 1. The molecule has 0 radical (unpaired) electrons. The summed E-state index contributed by atoms with van der Waals surface area (Å²) in [4.78, 5) is 11.1. The van der Waals surface area contributed by atoms with Gasteiger partial charge in [-0.1, -0.05) is 57.9 Å². The summed E-state index contributed by atoms with van der Waals surface area (Å²) in [5.74, 6) is -0.754. The van der Waals surface area contributed by atoms with E-state index in [1.165, 1.54) is 7.11 Å². The Hall–Kier alpha value is -1.20. The molecule has 2 N–H and O–H groups in total. The average molecular weight is 399 g/mol. The van der Waals surface area contributed by atoms with Crippen LogP contribution >= 0.6 is 0 Å². The van der Waals surface area contributed by atoms with E-state index in [2.05, 4.69) is 11.7 Å². The van der Waals surface area contributed by atoms with Gasteiger partial charge in [-0.2, -0.15) is 0 Å². The van der Waals surface area contributed by atoms with Gasteiger partial charge in [0.05, 0.1) is 19.3 Å². The quantitative estimate of drug-likeness (QED) is 0.368. The largest absolute Gasteiger partial charge is 0.469 e. The Bertz CT molecular complexity index is 515. The van der Waals surface area contributed by atoms with Gasteiger partial charge in [0.15, 0.2) is 0 Å². The minimum absolute atomic E-state index is 0.154. The molecule has 1 fully saturated rings. The first-order valence-corrected chi connectivity index (χ1v) is 10.6. The van der Waals surface area contributed by atoms with Crippen LogP contribution < -0.4 is 0 Å². The third-order valence-corrected chi connectivity index (χ3v) is 5.94. The molecule has 0 unspecified atom stereocenters. The molecule has 4 nitrogen and oxygen atoms in total. The van der Waals surface area contributed by atoms with Crippen molar-refractivity contribution in [1.82, 2.24) is 0 Å². The highest BCUT2D eigenvalue weighted by Crippen LogP contribution is 2.39. The van der Waals surface area contributed by atoms with Crippen molar-refractivity contribution in [2.24, 2.45) is 17.3 Å². The lowest BCUT2D eigenvalue weighted by atomic mass is 9.80. The number of aliphatic hydroxyl groups is 2. The standard InChI is InChI=1S/C23H39FO4/c1-5-6-15-23(2,3)21(26)14-13-18-17(19(24)16-20(18)25)11-9-7-8-10-12-22(27)28-4/h7-8,13-14,17-21,25-26H,5-6,9-12,15-16H2,1-4H3/t17-,18-,19-,20-,21-/m1/s1. The molecule has 0 amide bonds. The van der Waals surface area contributed by atoms with Gasteiger partial charge in [0.25, 0.3) is 0 Å². The molecule has 28 heavy (non-hydrogen) atoms. The van der Waals surface area contributed by atoms with Gasteiger partial charge in [-0.25, -0.2) is 4.39 Å². The summed E-state index contributed by atoms with van der Waals surface area (Å²) >= 11 is 0. The summed E-state index contributed by atoms with van der Waals surface area (Å²) in [6, 6.07) is 0. The molecule has 1 saturated carbocycles. The van der Waals surface area contributed by atoms with Gasteiger partial charge in [0.1, 0.15) is 6.17 Å². The van der Waals surface area contributed by atoms with Crippen molar-refractivity contribution in [3.05, 3.63) is 24.3 Å². The fraction of sp³-hybridized carbons (Fsp3) is 0.783. The monoisotopic (exact) mass is 398 g/mol. The van der Waals surface area contributed by atoms with E-state index in [4.69, 9.17) is 0 Å². The van der Waals surface area contributed by atoms with E-state index >= 15 is 0 Å². The van der Waals surface area contributed by atoms with Gasteiger partial charge in [0, 0.05) is 18.8 Å². The molecule has 162 valence electrons. The van der Waals surface area contributed by atoms with Crippen molar-refractivity contribution in [2.75, 3.05) is 7.11 Å². The topological polar surface area (TPSA) is 66.8 Å². The predicted molar refractivity (Wildman–Crippen MR) is 111 cm³/mol. The zero-order valence-corrected chi connectivity index (χ0v) is 17.9. The predicted octanol–water partition coefficient (Wildman–Crippen LogP) is 4.74. The van der Waals surface area contributed by atoms with Crippen LogP contribution in [0.3, 0.4) is 0 Å². The normalized spacial score (nSPS) is 27.0. The Balaban J connectivity index is 2.58. The minimum Gasteiger partial charge on any atom is -0.469 e. The Kier molecular flexibility index (Phi) is 11.0. The van der Waals surface area contributed by atoms with Gasteiger partial charge >= 0.3 is 5.97 Å². The minimum atomic E-state index is -1.03. The lowest BCUT2D eigenvalue weighted by Gasteiger charge is -2.29. The highest BCUT2D eigenvalue weighted by atomic mass is 19.1. The molecule has 1 rings (SSSR count). The molecule has 0 aromatic carbocycles. The van der Waals surface area contributed by atoms with Crippen LogP contribution in [0, 0.1) is 17.3 Å². The lowest BCUT2D eigenvalue weighted by Crippen LogP contribution is -2.28. The number of hydrogen-bond acceptors (Lipinski definition) is 4.